The molecule has 0 saturated carbocycles. The number of benzene rings is 2. The van der Waals surface area contributed by atoms with Gasteiger partial charge in [-0.2, -0.15) is 0 Å². The summed E-state index contributed by atoms with van der Waals surface area (Å²) in [6, 6.07) is 16.5. The van der Waals surface area contributed by atoms with Crippen molar-refractivity contribution in [2.75, 3.05) is 20.2 Å². The lowest BCUT2D eigenvalue weighted by atomic mass is 10.0. The first-order chi connectivity index (χ1) is 14.2. The average molecular weight is 390 g/mol. The molecule has 1 amide bonds. The molecule has 0 unspecified atom stereocenters. The van der Waals surface area contributed by atoms with Gasteiger partial charge in [0.05, 0.1) is 7.11 Å². The molecular formula is C24H26N2O3. The van der Waals surface area contributed by atoms with Gasteiger partial charge in [-0.25, -0.2) is 4.98 Å². The Bertz CT molecular complexity index is 993. The van der Waals surface area contributed by atoms with Gasteiger partial charge in [0.15, 0.2) is 0 Å². The minimum atomic E-state index is 0.169. The normalized spacial score (nSPS) is 14.8. The number of piperidine rings is 1. The Hall–Kier alpha value is -3.08. The van der Waals surface area contributed by atoms with Crippen LogP contribution in [0, 0.1) is 0 Å². The minimum absolute atomic E-state index is 0.169. The van der Waals surface area contributed by atoms with Gasteiger partial charge >= 0.3 is 0 Å². The van der Waals surface area contributed by atoms with E-state index in [0.717, 1.165) is 53.6 Å². The van der Waals surface area contributed by atoms with Gasteiger partial charge in [0.1, 0.15) is 11.9 Å². The molecule has 1 aromatic heterocycles. The van der Waals surface area contributed by atoms with Crippen molar-refractivity contribution in [1.29, 1.82) is 0 Å². The number of hydrogen-bond acceptors (Lipinski definition) is 4. The maximum Gasteiger partial charge on any atom is 0.222 e. The summed E-state index contributed by atoms with van der Waals surface area (Å²) in [6.45, 7) is 3.48. The molecule has 0 atom stereocenters. The van der Waals surface area contributed by atoms with Crippen LogP contribution < -0.4 is 9.47 Å². The van der Waals surface area contributed by atoms with Crippen LogP contribution in [-0.4, -0.2) is 42.1 Å². The Kier molecular flexibility index (Phi) is 5.65. The van der Waals surface area contributed by atoms with E-state index in [4.69, 9.17) is 9.47 Å². The lowest BCUT2D eigenvalue weighted by molar-refractivity contribution is -0.132. The number of fused-ring (bicyclic) bond motifs is 1. The molecule has 0 bridgehead atoms. The van der Waals surface area contributed by atoms with Crippen LogP contribution in [0.3, 0.4) is 0 Å². The number of carbonyl (C=O) groups is 1. The van der Waals surface area contributed by atoms with Crippen molar-refractivity contribution in [2.45, 2.75) is 32.3 Å². The maximum absolute atomic E-state index is 11.8. The van der Waals surface area contributed by atoms with Crippen molar-refractivity contribution in [3.05, 3.63) is 54.7 Å². The molecule has 29 heavy (non-hydrogen) atoms. The molecule has 3 aromatic rings. The number of rotatable bonds is 5. The van der Waals surface area contributed by atoms with Crippen molar-refractivity contribution in [2.24, 2.45) is 0 Å². The summed E-state index contributed by atoms with van der Waals surface area (Å²) in [5, 5.41) is 2.19. The third-order valence-corrected chi connectivity index (χ3v) is 5.49. The fourth-order valence-electron chi connectivity index (χ4n) is 3.78. The molecule has 1 aliphatic heterocycles. The summed E-state index contributed by atoms with van der Waals surface area (Å²) in [7, 11) is 1.63. The molecule has 0 radical (unpaired) electrons. The summed E-state index contributed by atoms with van der Waals surface area (Å²) in [5.41, 5.74) is 2.28. The topological polar surface area (TPSA) is 51.7 Å². The largest absolute Gasteiger partial charge is 0.490 e. The first kappa shape index (κ1) is 19.2. The lowest BCUT2D eigenvalue weighted by Crippen LogP contribution is -2.41. The predicted molar refractivity (Wildman–Crippen MR) is 114 cm³/mol. The summed E-state index contributed by atoms with van der Waals surface area (Å²) >= 11 is 0. The number of nitrogens with zero attached hydrogens (tertiary/aromatic N) is 2. The molecule has 1 fully saturated rings. The van der Waals surface area contributed by atoms with Gasteiger partial charge < -0.3 is 14.4 Å². The zero-order valence-electron chi connectivity index (χ0n) is 16.9. The highest BCUT2D eigenvalue weighted by molar-refractivity contribution is 5.87. The number of pyridine rings is 1. The van der Waals surface area contributed by atoms with Gasteiger partial charge in [-0.3, -0.25) is 4.79 Å². The standard InChI is InChI=1S/C24H26N2O3/c1-3-24(27)26-12-10-22(11-13-26)29-21-8-6-17(7-9-21)18-4-5-19-16-25-23(28-2)15-20(19)14-18/h4-9,14-16,22H,3,10-13H2,1-2H3. The first-order valence-electron chi connectivity index (χ1n) is 10.1. The fraction of sp³-hybridized carbons (Fsp3) is 0.333. The van der Waals surface area contributed by atoms with E-state index in [-0.39, 0.29) is 12.0 Å². The van der Waals surface area contributed by atoms with Crippen LogP contribution in [0.25, 0.3) is 21.9 Å². The number of ether oxygens (including phenoxy) is 2. The molecule has 4 rings (SSSR count). The quantitative estimate of drug-likeness (QED) is 0.634. The number of carbonyl (C=O) groups excluding carboxylic acids is 1. The van der Waals surface area contributed by atoms with E-state index >= 15 is 0 Å². The van der Waals surface area contributed by atoms with E-state index in [1.807, 2.05) is 36.2 Å². The molecule has 5 nitrogen and oxygen atoms in total. The molecule has 2 heterocycles. The summed E-state index contributed by atoms with van der Waals surface area (Å²) in [6.07, 6.45) is 4.34. The molecular weight excluding hydrogens is 364 g/mol. The van der Waals surface area contributed by atoms with E-state index in [1.54, 1.807) is 7.11 Å². The second-order valence-corrected chi connectivity index (χ2v) is 7.36. The Balaban J connectivity index is 1.43. The van der Waals surface area contributed by atoms with Gasteiger partial charge in [-0.15, -0.1) is 0 Å². The molecule has 0 N–H and O–H groups in total. The van der Waals surface area contributed by atoms with Crippen LogP contribution in [0.2, 0.25) is 0 Å². The van der Waals surface area contributed by atoms with Crippen LogP contribution >= 0.6 is 0 Å². The van der Waals surface area contributed by atoms with E-state index in [0.29, 0.717) is 12.3 Å². The number of aromatic nitrogens is 1. The molecule has 0 spiro atoms. The zero-order valence-corrected chi connectivity index (χ0v) is 16.9. The molecule has 150 valence electrons. The third kappa shape index (κ3) is 4.34. The number of methoxy groups -OCH3 is 1. The summed E-state index contributed by atoms with van der Waals surface area (Å²) in [5.74, 6) is 1.72. The van der Waals surface area contributed by atoms with E-state index in [1.165, 1.54) is 0 Å². The highest BCUT2D eigenvalue weighted by Gasteiger charge is 2.22. The van der Waals surface area contributed by atoms with Gasteiger partial charge in [0.2, 0.25) is 11.8 Å². The number of amides is 1. The maximum atomic E-state index is 11.8. The smallest absolute Gasteiger partial charge is 0.222 e. The Morgan fingerprint density at radius 3 is 2.45 bits per heavy atom. The predicted octanol–water partition coefficient (Wildman–Crippen LogP) is 4.69. The van der Waals surface area contributed by atoms with E-state index in [9.17, 15) is 4.79 Å². The van der Waals surface area contributed by atoms with Crippen LogP contribution in [0.4, 0.5) is 0 Å². The van der Waals surface area contributed by atoms with Crippen molar-refractivity contribution in [3.8, 4) is 22.8 Å². The van der Waals surface area contributed by atoms with Gasteiger partial charge in [0.25, 0.3) is 0 Å². The third-order valence-electron chi connectivity index (χ3n) is 5.49. The highest BCUT2D eigenvalue weighted by Crippen LogP contribution is 2.28. The average Bonchev–Trinajstić information content (AvgIpc) is 2.78. The fourth-order valence-corrected chi connectivity index (χ4v) is 3.78. The van der Waals surface area contributed by atoms with Crippen molar-refractivity contribution < 1.29 is 14.3 Å². The molecule has 0 aliphatic carbocycles. The zero-order chi connectivity index (χ0) is 20.2. The Morgan fingerprint density at radius 1 is 1.03 bits per heavy atom. The summed E-state index contributed by atoms with van der Waals surface area (Å²) < 4.78 is 11.4. The minimum Gasteiger partial charge on any atom is -0.490 e. The second kappa shape index (κ2) is 8.52. The number of likely N-dealkylation sites (tertiary alicyclic amines) is 1. The first-order valence-corrected chi connectivity index (χ1v) is 10.1. The van der Waals surface area contributed by atoms with Gasteiger partial charge in [-0.05, 0) is 34.7 Å². The molecule has 5 heteroatoms. The Morgan fingerprint density at radius 2 is 1.76 bits per heavy atom. The SMILES string of the molecule is CCC(=O)N1CCC(Oc2ccc(-c3ccc4cnc(OC)cc4c3)cc2)CC1. The molecule has 1 saturated heterocycles. The molecule has 1 aliphatic rings. The van der Waals surface area contributed by atoms with Gasteiger partial charge in [0, 0.05) is 50.0 Å². The monoisotopic (exact) mass is 390 g/mol. The molecule has 2 aromatic carbocycles. The van der Waals surface area contributed by atoms with Crippen molar-refractivity contribution in [3.63, 3.8) is 0 Å². The van der Waals surface area contributed by atoms with Crippen molar-refractivity contribution in [1.82, 2.24) is 9.88 Å². The van der Waals surface area contributed by atoms with Crippen LogP contribution in [0.15, 0.2) is 54.7 Å². The van der Waals surface area contributed by atoms with Gasteiger partial charge in [-0.1, -0.05) is 31.2 Å². The van der Waals surface area contributed by atoms with E-state index < -0.39 is 0 Å². The van der Waals surface area contributed by atoms with Crippen LogP contribution in [0.5, 0.6) is 11.6 Å². The second-order valence-electron chi connectivity index (χ2n) is 7.36. The van der Waals surface area contributed by atoms with E-state index in [2.05, 4.69) is 35.3 Å². The highest BCUT2D eigenvalue weighted by atomic mass is 16.5. The summed E-state index contributed by atoms with van der Waals surface area (Å²) in [4.78, 5) is 18.0. The van der Waals surface area contributed by atoms with Crippen LogP contribution in [-0.2, 0) is 4.79 Å². The Labute approximate surface area is 171 Å². The lowest BCUT2D eigenvalue weighted by Gasteiger charge is -2.32. The van der Waals surface area contributed by atoms with Crippen molar-refractivity contribution >= 4 is 16.7 Å². The van der Waals surface area contributed by atoms with Crippen LogP contribution in [0.1, 0.15) is 26.2 Å². The number of hydrogen-bond donors (Lipinski definition) is 0.